The maximum Gasteiger partial charge on any atom is 0.266 e. The van der Waals surface area contributed by atoms with Gasteiger partial charge in [0.05, 0.1) is 5.02 Å². The molecule has 1 aliphatic rings. The Hall–Kier alpha value is -2.22. The van der Waals surface area contributed by atoms with Gasteiger partial charge in [0.25, 0.3) is 11.8 Å². The van der Waals surface area contributed by atoms with Crippen LogP contribution in [0.3, 0.4) is 0 Å². The van der Waals surface area contributed by atoms with Crippen LogP contribution in [-0.2, 0) is 9.59 Å². The van der Waals surface area contributed by atoms with E-state index in [1.807, 2.05) is 12.1 Å². The van der Waals surface area contributed by atoms with Gasteiger partial charge in [0, 0.05) is 16.6 Å². The van der Waals surface area contributed by atoms with E-state index < -0.39 is 11.8 Å². The molecular weight excluding hydrogens is 440 g/mol. The highest BCUT2D eigenvalue weighted by molar-refractivity contribution is 9.10. The van der Waals surface area contributed by atoms with Crippen LogP contribution in [0.25, 0.3) is 17.4 Å². The lowest BCUT2D eigenvalue weighted by Crippen LogP contribution is -2.53. The van der Waals surface area contributed by atoms with Crippen LogP contribution in [0.15, 0.2) is 57.4 Å². The summed E-state index contributed by atoms with van der Waals surface area (Å²) in [7, 11) is 0. The van der Waals surface area contributed by atoms with Crippen LogP contribution < -0.4 is 5.32 Å². The van der Waals surface area contributed by atoms with Crippen molar-refractivity contribution in [3.05, 3.63) is 63.8 Å². The number of benzene rings is 1. The molecule has 2 heterocycles. The zero-order chi connectivity index (χ0) is 18.8. The topological polar surface area (TPSA) is 62.6 Å². The third-order valence-corrected chi connectivity index (χ3v) is 5.17. The Morgan fingerprint density at radius 3 is 2.77 bits per heavy atom. The van der Waals surface area contributed by atoms with Crippen molar-refractivity contribution in [3.8, 4) is 11.3 Å². The van der Waals surface area contributed by atoms with Gasteiger partial charge >= 0.3 is 0 Å². The molecule has 5 nitrogen and oxygen atoms in total. The molecule has 0 bridgehead atoms. The lowest BCUT2D eigenvalue weighted by molar-refractivity contribution is -0.128. The second-order valence-corrected chi connectivity index (χ2v) is 7.00. The van der Waals surface area contributed by atoms with E-state index >= 15 is 0 Å². The highest BCUT2D eigenvalue weighted by atomic mass is 79.9. The zero-order valence-electron chi connectivity index (χ0n) is 13.3. The molecule has 1 saturated heterocycles. The van der Waals surface area contributed by atoms with Gasteiger partial charge in [0.1, 0.15) is 17.1 Å². The Morgan fingerprint density at radius 1 is 1.31 bits per heavy atom. The predicted molar refractivity (Wildman–Crippen MR) is 107 cm³/mol. The van der Waals surface area contributed by atoms with Crippen LogP contribution in [-0.4, -0.2) is 28.4 Å². The van der Waals surface area contributed by atoms with E-state index in [2.05, 4.69) is 27.8 Å². The molecule has 2 amide bonds. The average Bonchev–Trinajstić information content (AvgIpc) is 3.06. The number of rotatable bonds is 4. The fourth-order valence-corrected chi connectivity index (χ4v) is 3.04. The van der Waals surface area contributed by atoms with Crippen molar-refractivity contribution < 1.29 is 14.0 Å². The van der Waals surface area contributed by atoms with E-state index in [9.17, 15) is 9.59 Å². The highest BCUT2D eigenvalue weighted by Gasteiger charge is 2.32. The molecule has 1 aliphatic heterocycles. The molecule has 1 fully saturated rings. The van der Waals surface area contributed by atoms with Gasteiger partial charge in [0.2, 0.25) is 0 Å². The first-order valence-corrected chi connectivity index (χ1v) is 9.03. The van der Waals surface area contributed by atoms with Gasteiger partial charge in [-0.05, 0) is 58.5 Å². The van der Waals surface area contributed by atoms with Gasteiger partial charge < -0.3 is 4.42 Å². The number of hydrogen-bond acceptors (Lipinski definition) is 4. The predicted octanol–water partition coefficient (Wildman–Crippen LogP) is 4.18. The maximum absolute atomic E-state index is 12.5. The molecule has 1 N–H and O–H groups in total. The minimum atomic E-state index is -0.565. The van der Waals surface area contributed by atoms with Crippen LogP contribution in [0, 0.1) is 0 Å². The number of nitrogens with zero attached hydrogens (tertiary/aromatic N) is 1. The number of carbonyl (C=O) groups excluding carboxylic acids is 2. The van der Waals surface area contributed by atoms with Crippen LogP contribution in [0.1, 0.15) is 5.76 Å². The number of halogens is 2. The summed E-state index contributed by atoms with van der Waals surface area (Å²) in [6, 6.07) is 8.82. The Labute approximate surface area is 168 Å². The molecule has 0 saturated carbocycles. The second-order valence-electron chi connectivity index (χ2n) is 5.35. The summed E-state index contributed by atoms with van der Waals surface area (Å²) in [5, 5.41) is 3.09. The molecule has 0 spiro atoms. The Bertz CT molecular complexity index is 967. The monoisotopic (exact) mass is 450 g/mol. The molecular formula is C18H12BrClN2O3S. The third kappa shape index (κ3) is 3.65. The maximum atomic E-state index is 12.5. The molecule has 0 unspecified atom stereocenters. The lowest BCUT2D eigenvalue weighted by atomic mass is 10.1. The average molecular weight is 452 g/mol. The molecule has 0 radical (unpaired) electrons. The lowest BCUT2D eigenvalue weighted by Gasteiger charge is -2.27. The van der Waals surface area contributed by atoms with Gasteiger partial charge in [-0.25, -0.2) is 0 Å². The van der Waals surface area contributed by atoms with Crippen molar-refractivity contribution in [3.63, 3.8) is 0 Å². The zero-order valence-corrected chi connectivity index (χ0v) is 16.5. The van der Waals surface area contributed by atoms with Crippen LogP contribution in [0.5, 0.6) is 0 Å². The molecule has 1 aromatic carbocycles. The SMILES string of the molecule is C=CCN1C(=O)C(=Cc2ccc(-c3ccc(Br)c(Cl)c3)o2)C(=O)NC1=S. The minimum absolute atomic E-state index is 0.0571. The molecule has 1 aromatic heterocycles. The van der Waals surface area contributed by atoms with E-state index in [0.29, 0.717) is 16.5 Å². The Morgan fingerprint density at radius 2 is 2.08 bits per heavy atom. The second kappa shape index (κ2) is 7.57. The van der Waals surface area contributed by atoms with Gasteiger partial charge in [-0.15, -0.1) is 6.58 Å². The fraction of sp³-hybridized carbons (Fsp3) is 0.0556. The number of amides is 2. The van der Waals surface area contributed by atoms with E-state index in [-0.39, 0.29) is 17.2 Å². The van der Waals surface area contributed by atoms with Crippen molar-refractivity contribution in [1.29, 1.82) is 0 Å². The van der Waals surface area contributed by atoms with E-state index in [0.717, 1.165) is 10.0 Å². The molecule has 0 atom stereocenters. The van der Waals surface area contributed by atoms with Crippen molar-refractivity contribution in [1.82, 2.24) is 10.2 Å². The molecule has 26 heavy (non-hydrogen) atoms. The van der Waals surface area contributed by atoms with Crippen molar-refractivity contribution >= 4 is 62.8 Å². The molecule has 2 aromatic rings. The first kappa shape index (κ1) is 18.6. The standard InChI is InChI=1S/C18H12BrClN2O3S/c1-2-7-22-17(24)12(16(23)21-18(22)26)9-11-4-6-15(25-11)10-3-5-13(19)14(20)8-10/h2-6,8-9H,1,7H2,(H,21,23,26). The van der Waals surface area contributed by atoms with Crippen molar-refractivity contribution in [2.75, 3.05) is 6.54 Å². The minimum Gasteiger partial charge on any atom is -0.457 e. The Kier molecular flexibility index (Phi) is 5.41. The number of furan rings is 1. The summed E-state index contributed by atoms with van der Waals surface area (Å²) in [6.07, 6.45) is 2.92. The number of hydrogen-bond donors (Lipinski definition) is 1. The molecule has 3 rings (SSSR count). The van der Waals surface area contributed by atoms with Gasteiger partial charge in [0.15, 0.2) is 5.11 Å². The summed E-state index contributed by atoms with van der Waals surface area (Å²) in [6.45, 7) is 3.79. The summed E-state index contributed by atoms with van der Waals surface area (Å²) in [5.74, 6) is -0.134. The van der Waals surface area contributed by atoms with Crippen LogP contribution >= 0.6 is 39.7 Å². The van der Waals surface area contributed by atoms with Crippen LogP contribution in [0.4, 0.5) is 0 Å². The number of carbonyl (C=O) groups is 2. The summed E-state index contributed by atoms with van der Waals surface area (Å²) in [5.41, 5.74) is 0.715. The fourth-order valence-electron chi connectivity index (χ4n) is 2.37. The quantitative estimate of drug-likeness (QED) is 0.328. The third-order valence-electron chi connectivity index (χ3n) is 3.61. The smallest absolute Gasteiger partial charge is 0.266 e. The number of thiocarbonyl (C=S) groups is 1. The first-order valence-electron chi connectivity index (χ1n) is 7.45. The van der Waals surface area contributed by atoms with Crippen molar-refractivity contribution in [2.45, 2.75) is 0 Å². The normalized spacial score (nSPS) is 16.2. The number of nitrogens with one attached hydrogen (secondary N) is 1. The van der Waals surface area contributed by atoms with E-state index in [1.165, 1.54) is 17.1 Å². The summed E-state index contributed by atoms with van der Waals surface area (Å²) < 4.78 is 6.51. The van der Waals surface area contributed by atoms with E-state index in [4.69, 9.17) is 28.2 Å². The molecule has 0 aliphatic carbocycles. The first-order chi connectivity index (χ1) is 12.4. The van der Waals surface area contributed by atoms with Gasteiger partial charge in [-0.3, -0.25) is 19.8 Å². The Balaban J connectivity index is 1.92. The summed E-state index contributed by atoms with van der Waals surface area (Å²) in [4.78, 5) is 25.9. The van der Waals surface area contributed by atoms with E-state index in [1.54, 1.807) is 18.2 Å². The largest absolute Gasteiger partial charge is 0.457 e. The molecule has 8 heteroatoms. The highest BCUT2D eigenvalue weighted by Crippen LogP contribution is 2.30. The molecule has 132 valence electrons. The van der Waals surface area contributed by atoms with Gasteiger partial charge in [-0.2, -0.15) is 0 Å². The van der Waals surface area contributed by atoms with Gasteiger partial charge in [-0.1, -0.05) is 23.7 Å². The van der Waals surface area contributed by atoms with Crippen LogP contribution in [0.2, 0.25) is 5.02 Å². The van der Waals surface area contributed by atoms with Crippen molar-refractivity contribution in [2.24, 2.45) is 0 Å². The summed E-state index contributed by atoms with van der Waals surface area (Å²) >= 11 is 14.4.